The summed E-state index contributed by atoms with van der Waals surface area (Å²) in [4.78, 5) is 11.7. The van der Waals surface area contributed by atoms with Gasteiger partial charge in [0.2, 0.25) is 0 Å². The van der Waals surface area contributed by atoms with E-state index in [1.165, 1.54) is 0 Å². The van der Waals surface area contributed by atoms with Crippen molar-refractivity contribution in [1.29, 1.82) is 0 Å². The first-order valence-electron chi connectivity index (χ1n) is 7.69. The van der Waals surface area contributed by atoms with Crippen molar-refractivity contribution < 1.29 is 14.3 Å². The van der Waals surface area contributed by atoms with E-state index >= 15 is 0 Å². The maximum absolute atomic E-state index is 11.7. The van der Waals surface area contributed by atoms with Crippen LogP contribution >= 0.6 is 11.6 Å². The topological polar surface area (TPSA) is 76.8 Å². The largest absolute Gasteiger partial charge is 0.489 e. The molecule has 7 heteroatoms. The molecule has 128 valence electrons. The van der Waals surface area contributed by atoms with E-state index in [1.807, 2.05) is 25.8 Å². The van der Waals surface area contributed by atoms with Gasteiger partial charge in [0.05, 0.1) is 5.02 Å². The number of nitrogens with zero attached hydrogens (tertiary/aromatic N) is 1. The van der Waals surface area contributed by atoms with Gasteiger partial charge < -0.3 is 15.2 Å². The van der Waals surface area contributed by atoms with E-state index in [2.05, 4.69) is 5.43 Å². The molecule has 0 spiro atoms. The smallest absolute Gasteiger partial charge is 0.422 e. The normalized spacial score (nSPS) is 16.9. The summed E-state index contributed by atoms with van der Waals surface area (Å²) in [5, 5.41) is 2.36. The third-order valence-corrected chi connectivity index (χ3v) is 3.64. The van der Waals surface area contributed by atoms with Crippen LogP contribution in [0.5, 0.6) is 5.75 Å². The van der Waals surface area contributed by atoms with Crippen LogP contribution in [0.3, 0.4) is 0 Å². The van der Waals surface area contributed by atoms with Gasteiger partial charge in [-0.1, -0.05) is 11.6 Å². The Morgan fingerprint density at radius 2 is 2.00 bits per heavy atom. The molecular weight excluding hydrogens is 318 g/mol. The maximum atomic E-state index is 11.7. The monoisotopic (exact) mass is 341 g/mol. The van der Waals surface area contributed by atoms with Crippen LogP contribution in [0.1, 0.15) is 33.6 Å². The number of nitrogen functional groups attached to an aromatic ring is 1. The third-order valence-electron chi connectivity index (χ3n) is 3.34. The number of nitrogens with two attached hydrogens (primary N) is 1. The van der Waals surface area contributed by atoms with Gasteiger partial charge in [-0.25, -0.2) is 9.80 Å². The molecule has 23 heavy (non-hydrogen) atoms. The first-order chi connectivity index (χ1) is 10.7. The van der Waals surface area contributed by atoms with E-state index < -0.39 is 11.7 Å². The van der Waals surface area contributed by atoms with Gasteiger partial charge in [-0.15, -0.1) is 0 Å². The quantitative estimate of drug-likeness (QED) is 0.825. The molecule has 1 aromatic carbocycles. The fourth-order valence-corrected chi connectivity index (χ4v) is 2.54. The highest BCUT2D eigenvalue weighted by Gasteiger charge is 2.24. The molecule has 1 aliphatic rings. The number of halogens is 1. The zero-order valence-electron chi connectivity index (χ0n) is 13.8. The first kappa shape index (κ1) is 17.7. The minimum atomic E-state index is -0.503. The van der Waals surface area contributed by atoms with E-state index in [4.69, 9.17) is 26.8 Å². The summed E-state index contributed by atoms with van der Waals surface area (Å²) in [5.41, 5.74) is 8.53. The Kier molecular flexibility index (Phi) is 5.59. The number of hydrogen-bond acceptors (Lipinski definition) is 5. The van der Waals surface area contributed by atoms with E-state index in [1.54, 1.807) is 18.2 Å². The van der Waals surface area contributed by atoms with Crippen molar-refractivity contribution in [2.75, 3.05) is 18.8 Å². The van der Waals surface area contributed by atoms with Gasteiger partial charge in [0, 0.05) is 18.8 Å². The number of hydrogen-bond donors (Lipinski definition) is 2. The second-order valence-electron chi connectivity index (χ2n) is 6.61. The number of hydrazine groups is 1. The molecule has 1 fully saturated rings. The summed E-state index contributed by atoms with van der Waals surface area (Å²) < 4.78 is 11.2. The number of ether oxygens (including phenoxy) is 2. The average Bonchev–Trinajstić information content (AvgIpc) is 2.42. The van der Waals surface area contributed by atoms with Gasteiger partial charge in [0.15, 0.2) is 0 Å². The number of piperidine rings is 1. The Morgan fingerprint density at radius 3 is 2.57 bits per heavy atom. The molecule has 2 rings (SSSR count). The average molecular weight is 342 g/mol. The van der Waals surface area contributed by atoms with Gasteiger partial charge in [0.1, 0.15) is 17.5 Å². The minimum Gasteiger partial charge on any atom is -0.489 e. The Labute approximate surface area is 141 Å². The molecule has 3 N–H and O–H groups in total. The molecular formula is C16H24ClN3O3. The Morgan fingerprint density at radius 1 is 1.35 bits per heavy atom. The highest BCUT2D eigenvalue weighted by molar-refractivity contribution is 6.32. The summed E-state index contributed by atoms with van der Waals surface area (Å²) in [7, 11) is 0. The van der Waals surface area contributed by atoms with Crippen molar-refractivity contribution in [1.82, 2.24) is 10.4 Å². The summed E-state index contributed by atoms with van der Waals surface area (Å²) in [5.74, 6) is 0.638. The minimum absolute atomic E-state index is 0.0628. The highest BCUT2D eigenvalue weighted by atomic mass is 35.5. The Hall–Kier alpha value is -1.66. The molecule has 0 bridgehead atoms. The predicted octanol–water partition coefficient (Wildman–Crippen LogP) is 3.21. The van der Waals surface area contributed by atoms with Crippen LogP contribution in [0.15, 0.2) is 18.2 Å². The van der Waals surface area contributed by atoms with Crippen LogP contribution in [0.25, 0.3) is 0 Å². The van der Waals surface area contributed by atoms with Crippen molar-refractivity contribution in [2.24, 2.45) is 0 Å². The molecule has 1 aromatic rings. The lowest BCUT2D eigenvalue weighted by atomic mass is 10.1. The van der Waals surface area contributed by atoms with Crippen LogP contribution in [0.4, 0.5) is 10.5 Å². The van der Waals surface area contributed by atoms with E-state index in [-0.39, 0.29) is 6.10 Å². The zero-order valence-corrected chi connectivity index (χ0v) is 14.5. The summed E-state index contributed by atoms with van der Waals surface area (Å²) in [6.45, 7) is 6.89. The van der Waals surface area contributed by atoms with Gasteiger partial charge in [-0.05, 0) is 51.8 Å². The molecule has 1 saturated heterocycles. The predicted molar refractivity (Wildman–Crippen MR) is 90.5 cm³/mol. The number of anilines is 1. The number of rotatable bonds is 3. The Bertz CT molecular complexity index is 552. The number of amides is 1. The van der Waals surface area contributed by atoms with Crippen LogP contribution in [0, 0.1) is 0 Å². The first-order valence-corrected chi connectivity index (χ1v) is 8.07. The molecule has 1 heterocycles. The van der Waals surface area contributed by atoms with Crippen LogP contribution in [-0.4, -0.2) is 35.9 Å². The lowest BCUT2D eigenvalue weighted by molar-refractivity contribution is 0.0192. The fraction of sp³-hybridized carbons (Fsp3) is 0.562. The van der Waals surface area contributed by atoms with Crippen molar-refractivity contribution in [3.05, 3.63) is 23.2 Å². The maximum Gasteiger partial charge on any atom is 0.422 e. The van der Waals surface area contributed by atoms with Crippen LogP contribution in [0.2, 0.25) is 5.02 Å². The van der Waals surface area contributed by atoms with E-state index in [9.17, 15) is 4.79 Å². The SMILES string of the molecule is CC(C)(C)OC(=O)NN1CCC(Oc2ccc(N)cc2Cl)CC1. The van der Waals surface area contributed by atoms with Crippen molar-refractivity contribution in [3.8, 4) is 5.75 Å². The molecule has 0 radical (unpaired) electrons. The molecule has 6 nitrogen and oxygen atoms in total. The number of benzene rings is 1. The van der Waals surface area contributed by atoms with Gasteiger partial charge in [-0.3, -0.25) is 5.43 Å². The second kappa shape index (κ2) is 7.27. The molecule has 1 aliphatic heterocycles. The standard InChI is InChI=1S/C16H24ClN3O3/c1-16(2,3)23-15(21)19-20-8-6-12(7-9-20)22-14-5-4-11(18)10-13(14)17/h4-5,10,12H,6-9,18H2,1-3H3,(H,19,21). The molecule has 0 aromatic heterocycles. The van der Waals surface area contributed by atoms with E-state index in [0.717, 1.165) is 12.8 Å². The Balaban J connectivity index is 1.79. The molecule has 0 atom stereocenters. The van der Waals surface area contributed by atoms with Crippen molar-refractivity contribution in [2.45, 2.75) is 45.3 Å². The fourth-order valence-electron chi connectivity index (χ4n) is 2.31. The zero-order chi connectivity index (χ0) is 17.0. The molecule has 0 aliphatic carbocycles. The second-order valence-corrected chi connectivity index (χ2v) is 7.02. The number of nitrogens with one attached hydrogen (secondary N) is 1. The van der Waals surface area contributed by atoms with Crippen molar-refractivity contribution >= 4 is 23.4 Å². The van der Waals surface area contributed by atoms with Gasteiger partial charge in [0.25, 0.3) is 0 Å². The lowest BCUT2D eigenvalue weighted by Gasteiger charge is -2.32. The third kappa shape index (κ3) is 5.80. The van der Waals surface area contributed by atoms with E-state index in [0.29, 0.717) is 29.5 Å². The van der Waals surface area contributed by atoms with Gasteiger partial charge >= 0.3 is 6.09 Å². The highest BCUT2D eigenvalue weighted by Crippen LogP contribution is 2.29. The lowest BCUT2D eigenvalue weighted by Crippen LogP contribution is -2.49. The van der Waals surface area contributed by atoms with Crippen LogP contribution < -0.4 is 15.9 Å². The molecule has 1 amide bonds. The summed E-state index contributed by atoms with van der Waals surface area (Å²) in [6, 6.07) is 5.22. The summed E-state index contributed by atoms with van der Waals surface area (Å²) in [6.07, 6.45) is 1.21. The van der Waals surface area contributed by atoms with Gasteiger partial charge in [-0.2, -0.15) is 0 Å². The number of carbonyl (C=O) groups is 1. The van der Waals surface area contributed by atoms with Crippen molar-refractivity contribution in [3.63, 3.8) is 0 Å². The van der Waals surface area contributed by atoms with Crippen LogP contribution in [-0.2, 0) is 4.74 Å². The molecule has 0 unspecified atom stereocenters. The summed E-state index contributed by atoms with van der Waals surface area (Å²) >= 11 is 6.12. The molecule has 0 saturated carbocycles. The number of carbonyl (C=O) groups excluding carboxylic acids is 1.